The number of hydrogen-bond acceptors (Lipinski definition) is 13. The molecule has 53 heavy (non-hydrogen) atoms. The third kappa shape index (κ3) is 7.77. The molecule has 2 fully saturated rings. The number of thiazole rings is 2. The summed E-state index contributed by atoms with van der Waals surface area (Å²) in [6, 6.07) is 20.0. The zero-order valence-electron chi connectivity index (χ0n) is 29.3. The average Bonchev–Trinajstić information content (AvgIpc) is 4.02. The second kappa shape index (κ2) is 15.3. The molecule has 2 amide bonds. The van der Waals surface area contributed by atoms with E-state index in [1.54, 1.807) is 16.9 Å². The predicted octanol–water partition coefficient (Wildman–Crippen LogP) is 7.02. The molecular formula is C38H35N9O4S2. The van der Waals surface area contributed by atoms with Crippen LogP contribution in [0, 0.1) is 48.6 Å². The van der Waals surface area contributed by atoms with Crippen molar-refractivity contribution in [3.63, 3.8) is 0 Å². The molecule has 15 heteroatoms. The minimum atomic E-state index is -0.167. The van der Waals surface area contributed by atoms with Crippen molar-refractivity contribution < 1.29 is 18.8 Å². The first-order chi connectivity index (χ1) is 25.7. The second-order valence-corrected chi connectivity index (χ2v) is 14.9. The fraction of sp³-hybridized carbons (Fsp3) is 0.289. The van der Waals surface area contributed by atoms with Crippen LogP contribution in [0.25, 0.3) is 42.7 Å². The van der Waals surface area contributed by atoms with E-state index < -0.39 is 0 Å². The van der Waals surface area contributed by atoms with Gasteiger partial charge in [0.05, 0.1) is 45.1 Å². The molecule has 6 aromatic rings. The number of benzene rings is 3. The van der Waals surface area contributed by atoms with Gasteiger partial charge in [-0.2, -0.15) is 10.5 Å². The van der Waals surface area contributed by atoms with Gasteiger partial charge in [0.15, 0.2) is 22.6 Å². The number of nitrogens with one attached hydrogen (secondary N) is 2. The van der Waals surface area contributed by atoms with Gasteiger partial charge in [-0.1, -0.05) is 52.1 Å². The van der Waals surface area contributed by atoms with E-state index in [0.717, 1.165) is 59.9 Å². The van der Waals surface area contributed by atoms with Crippen molar-refractivity contribution >= 4 is 65.2 Å². The molecule has 8 rings (SSSR count). The molecule has 2 aliphatic heterocycles. The lowest BCUT2D eigenvalue weighted by molar-refractivity contribution is -0.120. The summed E-state index contributed by atoms with van der Waals surface area (Å²) in [5, 5.41) is 28.8. The van der Waals surface area contributed by atoms with Crippen LogP contribution < -0.4 is 15.4 Å². The van der Waals surface area contributed by atoms with E-state index in [1.807, 2.05) is 68.4 Å². The van der Waals surface area contributed by atoms with Gasteiger partial charge in [-0.15, -0.1) is 0 Å². The van der Waals surface area contributed by atoms with E-state index >= 15 is 0 Å². The largest absolute Gasteiger partial charge is 0.497 e. The number of rotatable bonds is 7. The number of carbonyl (C=O) groups is 2. The Balaban J connectivity index is 0.000000164. The SMILES string of the molecule is COc1ccc(-c2ccc3nc(NC(=O)[C@H]4CCN(C#N)C4)sc3c2)cc1.Cc1noc(C)c1-c1ccc2nc(NC(=O)[C@H]3CCN(C#N)C3)sc2c1. The van der Waals surface area contributed by atoms with E-state index in [4.69, 9.17) is 19.8 Å². The van der Waals surface area contributed by atoms with Crippen LogP contribution in [-0.4, -0.2) is 70.0 Å². The van der Waals surface area contributed by atoms with Crippen LogP contribution in [0.3, 0.4) is 0 Å². The maximum Gasteiger partial charge on any atom is 0.231 e. The Hall–Kier alpha value is -6.03. The normalized spacial score (nSPS) is 16.5. The van der Waals surface area contributed by atoms with Crippen LogP contribution in [-0.2, 0) is 9.59 Å². The number of methoxy groups -OCH3 is 1. The molecule has 3 aromatic carbocycles. The van der Waals surface area contributed by atoms with E-state index in [1.165, 1.54) is 22.7 Å². The van der Waals surface area contributed by atoms with Crippen molar-refractivity contribution in [1.82, 2.24) is 24.9 Å². The summed E-state index contributed by atoms with van der Waals surface area (Å²) >= 11 is 2.90. The molecule has 5 heterocycles. The number of ether oxygens (including phenoxy) is 1. The van der Waals surface area contributed by atoms with Crippen LogP contribution in [0.2, 0.25) is 0 Å². The maximum atomic E-state index is 12.4. The van der Waals surface area contributed by atoms with Crippen molar-refractivity contribution in [1.29, 1.82) is 10.5 Å². The predicted molar refractivity (Wildman–Crippen MR) is 204 cm³/mol. The number of aryl methyl sites for hydroxylation is 2. The number of fused-ring (bicyclic) bond motifs is 2. The minimum Gasteiger partial charge on any atom is -0.497 e. The van der Waals surface area contributed by atoms with Crippen molar-refractivity contribution in [2.75, 3.05) is 43.9 Å². The maximum absolute atomic E-state index is 12.4. The fourth-order valence-corrected chi connectivity index (χ4v) is 8.33. The van der Waals surface area contributed by atoms with Gasteiger partial charge >= 0.3 is 0 Å². The molecule has 2 N–H and O–H groups in total. The highest BCUT2D eigenvalue weighted by Crippen LogP contribution is 2.34. The Morgan fingerprint density at radius 2 is 1.30 bits per heavy atom. The lowest BCUT2D eigenvalue weighted by atomic mass is 10.0. The number of hydrogen-bond donors (Lipinski definition) is 2. The average molecular weight is 746 g/mol. The molecule has 0 bridgehead atoms. The van der Waals surface area contributed by atoms with Gasteiger partial charge in [0.25, 0.3) is 0 Å². The molecule has 0 aliphatic carbocycles. The van der Waals surface area contributed by atoms with Gasteiger partial charge in [0, 0.05) is 31.7 Å². The van der Waals surface area contributed by atoms with Crippen molar-refractivity contribution in [2.45, 2.75) is 26.7 Å². The Bertz CT molecular complexity index is 2370. The molecule has 0 unspecified atom stereocenters. The topological polar surface area (TPSA) is 173 Å². The lowest BCUT2D eigenvalue weighted by Crippen LogP contribution is -2.25. The molecule has 2 saturated heterocycles. The van der Waals surface area contributed by atoms with Crippen molar-refractivity contribution in [3.8, 4) is 40.4 Å². The van der Waals surface area contributed by atoms with Crippen LogP contribution in [0.1, 0.15) is 24.3 Å². The molecule has 13 nitrogen and oxygen atoms in total. The summed E-state index contributed by atoms with van der Waals surface area (Å²) in [6.07, 6.45) is 5.58. The van der Waals surface area contributed by atoms with Crippen molar-refractivity contribution in [3.05, 3.63) is 72.1 Å². The standard InChI is InChI=1S/C20H18N4O2S.C18H17N5O2S/c1-26-16-5-2-13(3-6-16)14-4-7-17-18(10-14)27-20(22-17)23-19(25)15-8-9-24(11-15)12-21;1-10-16(11(2)25-22-10)12-3-4-14-15(7-12)26-18(20-14)21-17(24)13-5-6-23(8-13)9-19/h2-7,10,15H,8-9,11H2,1H3,(H,22,23,25);3-4,7,13H,5-6,8H2,1-2H3,(H,20,21,24)/t15-;13-/m00/s1. The van der Waals surface area contributed by atoms with Gasteiger partial charge < -0.3 is 29.7 Å². The molecule has 0 spiro atoms. The minimum absolute atomic E-state index is 0.0674. The molecule has 2 atom stereocenters. The number of anilines is 2. The van der Waals surface area contributed by atoms with Crippen LogP contribution >= 0.6 is 22.7 Å². The summed E-state index contributed by atoms with van der Waals surface area (Å²) in [7, 11) is 1.65. The first kappa shape index (κ1) is 35.4. The number of amides is 2. The van der Waals surface area contributed by atoms with Crippen LogP contribution in [0.15, 0.2) is 65.2 Å². The highest BCUT2D eigenvalue weighted by atomic mass is 32.1. The summed E-state index contributed by atoms with van der Waals surface area (Å²) in [4.78, 5) is 37.0. The summed E-state index contributed by atoms with van der Waals surface area (Å²) in [5.41, 5.74) is 6.75. The van der Waals surface area contributed by atoms with Gasteiger partial charge in [-0.05, 0) is 79.8 Å². The third-order valence-corrected chi connectivity index (χ3v) is 11.3. The molecule has 3 aromatic heterocycles. The van der Waals surface area contributed by atoms with Gasteiger partial charge in [0.1, 0.15) is 11.5 Å². The van der Waals surface area contributed by atoms with Gasteiger partial charge in [-0.25, -0.2) is 9.97 Å². The summed E-state index contributed by atoms with van der Waals surface area (Å²) in [6.45, 7) is 6.04. The number of carbonyl (C=O) groups excluding carboxylic acids is 2. The van der Waals surface area contributed by atoms with Crippen molar-refractivity contribution in [2.24, 2.45) is 11.8 Å². The summed E-state index contributed by atoms with van der Waals surface area (Å²) < 4.78 is 12.5. The van der Waals surface area contributed by atoms with Gasteiger partial charge in [0.2, 0.25) is 11.8 Å². The Morgan fingerprint density at radius 1 is 0.792 bits per heavy atom. The zero-order valence-corrected chi connectivity index (χ0v) is 30.9. The van der Waals surface area contributed by atoms with E-state index in [-0.39, 0.29) is 23.7 Å². The van der Waals surface area contributed by atoms with Crippen LogP contribution in [0.5, 0.6) is 5.75 Å². The first-order valence-corrected chi connectivity index (χ1v) is 18.6. The lowest BCUT2D eigenvalue weighted by Gasteiger charge is -2.08. The Labute approximate surface area is 313 Å². The Morgan fingerprint density at radius 3 is 1.77 bits per heavy atom. The van der Waals surface area contributed by atoms with Gasteiger partial charge in [-0.3, -0.25) is 9.59 Å². The second-order valence-electron chi connectivity index (χ2n) is 12.9. The first-order valence-electron chi connectivity index (χ1n) is 17.0. The zero-order chi connectivity index (χ0) is 37.1. The number of nitriles is 2. The number of aromatic nitrogens is 3. The summed E-state index contributed by atoms with van der Waals surface area (Å²) in [5.74, 6) is 1.13. The molecule has 0 saturated carbocycles. The quantitative estimate of drug-likeness (QED) is 0.161. The van der Waals surface area contributed by atoms with E-state index in [0.29, 0.717) is 49.3 Å². The highest BCUT2D eigenvalue weighted by Gasteiger charge is 2.29. The molecule has 0 radical (unpaired) electrons. The number of nitrogens with zero attached hydrogens (tertiary/aromatic N) is 7. The van der Waals surface area contributed by atoms with E-state index in [2.05, 4.69) is 44.2 Å². The molecular weight excluding hydrogens is 711 g/mol. The third-order valence-electron chi connectivity index (χ3n) is 9.38. The number of likely N-dealkylation sites (tertiary alicyclic amines) is 2. The molecule has 2 aliphatic rings. The van der Waals surface area contributed by atoms with E-state index in [9.17, 15) is 9.59 Å². The van der Waals surface area contributed by atoms with Crippen LogP contribution in [0.4, 0.5) is 10.3 Å². The smallest absolute Gasteiger partial charge is 0.231 e. The molecule has 268 valence electrons. The monoisotopic (exact) mass is 745 g/mol. The highest BCUT2D eigenvalue weighted by molar-refractivity contribution is 7.22. The fourth-order valence-electron chi connectivity index (χ4n) is 6.51. The Kier molecular flexibility index (Phi) is 10.2.